The van der Waals surface area contributed by atoms with Crippen molar-refractivity contribution >= 4 is 23.3 Å². The van der Waals surface area contributed by atoms with Gasteiger partial charge in [-0.15, -0.1) is 0 Å². The average Bonchev–Trinajstić information content (AvgIpc) is 3.20. The molecule has 1 aromatic heterocycles. The van der Waals surface area contributed by atoms with Gasteiger partial charge in [-0.2, -0.15) is 13.2 Å². The van der Waals surface area contributed by atoms with E-state index in [1.165, 1.54) is 17.7 Å². The molecule has 2 aromatic rings. The molecule has 0 radical (unpaired) electrons. The number of nitrogens with zero attached hydrogens (tertiary/aromatic N) is 4. The SMILES string of the molecule is CC(C)NC[C@@H](C(=O)N1CCN(c2ncnc3c2[C@H](C)CC3)CC1)c1ccc(Cl)c(C(F)(F)F)c1. The number of benzene rings is 1. The van der Waals surface area contributed by atoms with E-state index in [-0.39, 0.29) is 23.5 Å². The lowest BCUT2D eigenvalue weighted by Gasteiger charge is -2.38. The molecular weight excluding hydrogens is 479 g/mol. The van der Waals surface area contributed by atoms with Crippen LogP contribution in [0.1, 0.15) is 61.4 Å². The van der Waals surface area contributed by atoms with Crippen LogP contribution in [0.15, 0.2) is 24.5 Å². The molecule has 1 aliphatic carbocycles. The van der Waals surface area contributed by atoms with Crippen LogP contribution >= 0.6 is 11.6 Å². The van der Waals surface area contributed by atoms with E-state index in [9.17, 15) is 18.0 Å². The number of aromatic nitrogens is 2. The number of halogens is 4. The Kier molecular flexibility index (Phi) is 7.57. The second-order valence-corrected chi connectivity index (χ2v) is 10.1. The molecule has 2 aliphatic rings. The number of alkyl halides is 3. The van der Waals surface area contributed by atoms with E-state index in [1.54, 1.807) is 11.2 Å². The van der Waals surface area contributed by atoms with Gasteiger partial charge >= 0.3 is 6.18 Å². The number of aryl methyl sites for hydroxylation is 1. The molecule has 190 valence electrons. The number of hydrogen-bond donors (Lipinski definition) is 1. The van der Waals surface area contributed by atoms with Gasteiger partial charge in [-0.1, -0.05) is 38.4 Å². The molecule has 2 atom stereocenters. The van der Waals surface area contributed by atoms with Gasteiger partial charge in [-0.25, -0.2) is 9.97 Å². The summed E-state index contributed by atoms with van der Waals surface area (Å²) in [5, 5.41) is 2.84. The molecule has 1 amide bonds. The van der Waals surface area contributed by atoms with Crippen LogP contribution in [0.3, 0.4) is 0 Å². The summed E-state index contributed by atoms with van der Waals surface area (Å²) in [5.74, 6) is 0.415. The largest absolute Gasteiger partial charge is 0.417 e. The van der Waals surface area contributed by atoms with Crippen molar-refractivity contribution in [2.45, 2.75) is 57.7 Å². The quantitative estimate of drug-likeness (QED) is 0.615. The zero-order chi connectivity index (χ0) is 25.3. The van der Waals surface area contributed by atoms with E-state index in [1.807, 2.05) is 13.8 Å². The summed E-state index contributed by atoms with van der Waals surface area (Å²) in [6.07, 6.45) is -0.968. The molecule has 6 nitrogen and oxygen atoms in total. The lowest BCUT2D eigenvalue weighted by molar-refractivity contribution is -0.138. The highest BCUT2D eigenvalue weighted by molar-refractivity contribution is 6.31. The second-order valence-electron chi connectivity index (χ2n) is 9.66. The third-order valence-electron chi connectivity index (χ3n) is 6.87. The zero-order valence-electron chi connectivity index (χ0n) is 20.2. The van der Waals surface area contributed by atoms with Crippen LogP contribution in [0.2, 0.25) is 5.02 Å². The number of piperazine rings is 1. The molecule has 1 aromatic carbocycles. The highest BCUT2D eigenvalue weighted by Crippen LogP contribution is 2.38. The molecule has 0 saturated carbocycles. The Labute approximate surface area is 208 Å². The molecule has 1 fully saturated rings. The van der Waals surface area contributed by atoms with Crippen molar-refractivity contribution < 1.29 is 18.0 Å². The molecule has 0 bridgehead atoms. The van der Waals surface area contributed by atoms with E-state index < -0.39 is 17.7 Å². The van der Waals surface area contributed by atoms with Gasteiger partial charge in [0.05, 0.1) is 16.5 Å². The maximum absolute atomic E-state index is 13.6. The van der Waals surface area contributed by atoms with Crippen LogP contribution in [-0.4, -0.2) is 59.5 Å². The maximum atomic E-state index is 13.6. The molecule has 1 N–H and O–H groups in total. The number of amides is 1. The lowest BCUT2D eigenvalue weighted by Crippen LogP contribution is -2.51. The number of carbonyl (C=O) groups is 1. The fraction of sp³-hybridized carbons (Fsp3) is 0.560. The predicted octanol–water partition coefficient (Wildman–Crippen LogP) is 4.63. The minimum atomic E-state index is -4.59. The van der Waals surface area contributed by atoms with Gasteiger partial charge in [-0.3, -0.25) is 4.79 Å². The number of fused-ring (bicyclic) bond motifs is 1. The van der Waals surface area contributed by atoms with Crippen LogP contribution < -0.4 is 10.2 Å². The van der Waals surface area contributed by atoms with Crippen molar-refractivity contribution in [2.24, 2.45) is 0 Å². The van der Waals surface area contributed by atoms with Crippen LogP contribution in [-0.2, 0) is 17.4 Å². The van der Waals surface area contributed by atoms with Gasteiger partial charge in [0.1, 0.15) is 12.1 Å². The van der Waals surface area contributed by atoms with Gasteiger partial charge < -0.3 is 15.1 Å². The Morgan fingerprint density at radius 2 is 1.91 bits per heavy atom. The third kappa shape index (κ3) is 5.56. The number of hydrogen-bond acceptors (Lipinski definition) is 5. The Balaban J connectivity index is 1.52. The third-order valence-corrected chi connectivity index (χ3v) is 7.20. The zero-order valence-corrected chi connectivity index (χ0v) is 21.0. The summed E-state index contributed by atoms with van der Waals surface area (Å²) < 4.78 is 40.4. The number of nitrogens with one attached hydrogen (secondary N) is 1. The van der Waals surface area contributed by atoms with Gasteiger partial charge in [0.25, 0.3) is 0 Å². The number of rotatable bonds is 6. The topological polar surface area (TPSA) is 61.4 Å². The van der Waals surface area contributed by atoms with E-state index in [4.69, 9.17) is 11.6 Å². The van der Waals surface area contributed by atoms with Crippen molar-refractivity contribution in [2.75, 3.05) is 37.6 Å². The first-order valence-electron chi connectivity index (χ1n) is 12.0. The summed E-state index contributed by atoms with van der Waals surface area (Å²) in [6.45, 7) is 8.47. The molecule has 4 rings (SSSR count). The van der Waals surface area contributed by atoms with Crippen LogP contribution in [0.25, 0.3) is 0 Å². The minimum Gasteiger partial charge on any atom is -0.353 e. The van der Waals surface area contributed by atoms with Crippen molar-refractivity contribution in [3.05, 3.63) is 51.9 Å². The molecule has 1 saturated heterocycles. The first-order chi connectivity index (χ1) is 16.6. The van der Waals surface area contributed by atoms with Crippen molar-refractivity contribution in [1.29, 1.82) is 0 Å². The highest BCUT2D eigenvalue weighted by Gasteiger charge is 2.36. The number of anilines is 1. The first-order valence-corrected chi connectivity index (χ1v) is 12.4. The first kappa shape index (κ1) is 25.7. The fourth-order valence-electron chi connectivity index (χ4n) is 4.91. The number of carbonyl (C=O) groups excluding carboxylic acids is 1. The lowest BCUT2D eigenvalue weighted by atomic mass is 9.94. The van der Waals surface area contributed by atoms with Crippen LogP contribution in [0.4, 0.5) is 19.0 Å². The van der Waals surface area contributed by atoms with E-state index in [2.05, 4.69) is 27.1 Å². The molecule has 0 unspecified atom stereocenters. The Bertz CT molecular complexity index is 1070. The van der Waals surface area contributed by atoms with Gasteiger partial charge in [-0.05, 0) is 36.5 Å². The fourth-order valence-corrected chi connectivity index (χ4v) is 5.14. The molecule has 0 spiro atoms. The van der Waals surface area contributed by atoms with E-state index in [0.29, 0.717) is 37.7 Å². The molecule has 35 heavy (non-hydrogen) atoms. The molecular formula is C25H31ClF3N5O. The summed E-state index contributed by atoms with van der Waals surface area (Å²) in [5.41, 5.74) is 1.69. The highest BCUT2D eigenvalue weighted by atomic mass is 35.5. The van der Waals surface area contributed by atoms with Gasteiger partial charge in [0.15, 0.2) is 0 Å². The van der Waals surface area contributed by atoms with Gasteiger partial charge in [0, 0.05) is 50.0 Å². The van der Waals surface area contributed by atoms with Crippen molar-refractivity contribution in [1.82, 2.24) is 20.2 Å². The monoisotopic (exact) mass is 509 g/mol. The smallest absolute Gasteiger partial charge is 0.353 e. The standard InChI is InChI=1S/C25H31ClF3N5O/c1-15(2)30-13-18(17-5-6-20(26)19(12-17)25(27,28)29)24(35)34-10-8-33(9-11-34)23-22-16(3)4-7-21(22)31-14-32-23/h5-6,12,14-16,18,30H,4,7-11,13H2,1-3H3/t16-,18-/m1/s1. The Morgan fingerprint density at radius 3 is 2.57 bits per heavy atom. The maximum Gasteiger partial charge on any atom is 0.417 e. The normalized spacial score (nSPS) is 19.3. The van der Waals surface area contributed by atoms with Gasteiger partial charge in [0.2, 0.25) is 5.91 Å². The summed E-state index contributed by atoms with van der Waals surface area (Å²) in [6, 6.07) is 3.83. The van der Waals surface area contributed by atoms with Crippen LogP contribution in [0.5, 0.6) is 0 Å². The molecule has 1 aliphatic heterocycles. The van der Waals surface area contributed by atoms with E-state index >= 15 is 0 Å². The summed E-state index contributed by atoms with van der Waals surface area (Å²) >= 11 is 5.82. The molecule has 10 heteroatoms. The van der Waals surface area contributed by atoms with Crippen molar-refractivity contribution in [3.8, 4) is 0 Å². The summed E-state index contributed by atoms with van der Waals surface area (Å²) in [4.78, 5) is 26.5. The van der Waals surface area contributed by atoms with E-state index in [0.717, 1.165) is 30.4 Å². The predicted molar refractivity (Wildman–Crippen MR) is 130 cm³/mol. The second kappa shape index (κ2) is 10.3. The Hall–Kier alpha value is -2.39. The Morgan fingerprint density at radius 1 is 1.20 bits per heavy atom. The average molecular weight is 510 g/mol. The van der Waals surface area contributed by atoms with Crippen molar-refractivity contribution in [3.63, 3.8) is 0 Å². The van der Waals surface area contributed by atoms with Crippen LogP contribution in [0, 0.1) is 0 Å². The molecule has 2 heterocycles. The summed E-state index contributed by atoms with van der Waals surface area (Å²) in [7, 11) is 0. The minimum absolute atomic E-state index is 0.0818.